The molecule has 0 spiro atoms. The summed E-state index contributed by atoms with van der Waals surface area (Å²) in [4.78, 5) is 17.7. The average Bonchev–Trinajstić information content (AvgIpc) is 3.17. The molecule has 0 radical (unpaired) electrons. The first-order chi connectivity index (χ1) is 13.8. The van der Waals surface area contributed by atoms with Crippen molar-refractivity contribution in [1.82, 2.24) is 4.98 Å². The molecule has 1 fully saturated rings. The lowest BCUT2D eigenvalue weighted by atomic mass is 10.00. The average molecular weight is 433 g/mol. The number of nitrogens with one attached hydrogen (secondary N) is 1. The number of carbonyl (C=O) groups is 1. The molecular weight excluding hydrogens is 404 g/mol. The molecule has 0 bridgehead atoms. The molecular formula is C21H28N4O2S2. The summed E-state index contributed by atoms with van der Waals surface area (Å²) in [7, 11) is -1.06. The fourth-order valence-electron chi connectivity index (χ4n) is 3.86. The van der Waals surface area contributed by atoms with Crippen LogP contribution in [0.5, 0.6) is 0 Å². The topological polar surface area (TPSA) is 101 Å². The maximum atomic E-state index is 12.7. The van der Waals surface area contributed by atoms with Crippen molar-refractivity contribution in [2.45, 2.75) is 75.0 Å². The zero-order chi connectivity index (χ0) is 20.8. The number of rotatable bonds is 5. The summed E-state index contributed by atoms with van der Waals surface area (Å²) in [6.07, 6.45) is 6.22. The second-order valence-corrected chi connectivity index (χ2v) is 10.7. The largest absolute Gasteiger partial charge is 0.386 e. The number of fused-ring (bicyclic) bond motifs is 1. The molecule has 1 saturated carbocycles. The number of anilines is 1. The smallest absolute Gasteiger partial charge is 0.352 e. The number of amides is 2. The Kier molecular flexibility index (Phi) is 5.63. The molecule has 2 heterocycles. The van der Waals surface area contributed by atoms with Crippen molar-refractivity contribution < 1.29 is 9.90 Å². The fraction of sp³-hybridized carbons (Fsp3) is 0.524. The summed E-state index contributed by atoms with van der Waals surface area (Å²) in [5.74, 6) is 0.541. The Morgan fingerprint density at radius 3 is 2.83 bits per heavy atom. The lowest BCUT2D eigenvalue weighted by molar-refractivity contribution is 0.0789. The number of pyridine rings is 1. The van der Waals surface area contributed by atoms with Gasteiger partial charge >= 0.3 is 6.03 Å². The first-order valence-corrected chi connectivity index (χ1v) is 12.3. The Hall–Kier alpha value is -1.61. The van der Waals surface area contributed by atoms with Gasteiger partial charge in [0.15, 0.2) is 0 Å². The maximum absolute atomic E-state index is 12.7. The third kappa shape index (κ3) is 4.30. The van der Waals surface area contributed by atoms with Crippen molar-refractivity contribution in [2.75, 3.05) is 5.32 Å². The van der Waals surface area contributed by atoms with Crippen molar-refractivity contribution in [3.63, 3.8) is 0 Å². The van der Waals surface area contributed by atoms with Crippen LogP contribution in [0.3, 0.4) is 0 Å². The van der Waals surface area contributed by atoms with Crippen molar-refractivity contribution in [2.24, 2.45) is 9.50 Å². The van der Waals surface area contributed by atoms with E-state index in [4.69, 9.17) is 10.1 Å². The zero-order valence-corrected chi connectivity index (χ0v) is 18.8. The van der Waals surface area contributed by atoms with E-state index in [2.05, 4.69) is 16.6 Å². The number of thiophene rings is 1. The minimum Gasteiger partial charge on any atom is -0.386 e. The Bertz CT molecular complexity index is 987. The van der Waals surface area contributed by atoms with E-state index >= 15 is 0 Å². The van der Waals surface area contributed by atoms with Crippen LogP contribution in [0.2, 0.25) is 0 Å². The van der Waals surface area contributed by atoms with Gasteiger partial charge in [0.1, 0.15) is 0 Å². The Morgan fingerprint density at radius 1 is 1.45 bits per heavy atom. The predicted molar refractivity (Wildman–Crippen MR) is 118 cm³/mol. The summed E-state index contributed by atoms with van der Waals surface area (Å²) in [6.45, 7) is 5.57. The van der Waals surface area contributed by atoms with Crippen molar-refractivity contribution in [3.05, 3.63) is 39.5 Å². The lowest BCUT2D eigenvalue weighted by Gasteiger charge is -2.17. The highest BCUT2D eigenvalue weighted by atomic mass is 32.2. The van der Waals surface area contributed by atoms with Crippen molar-refractivity contribution in [3.8, 4) is 0 Å². The molecule has 2 aromatic heterocycles. The quantitative estimate of drug-likeness (QED) is 0.644. The van der Waals surface area contributed by atoms with Crippen LogP contribution in [0.1, 0.15) is 74.0 Å². The zero-order valence-electron chi connectivity index (χ0n) is 17.1. The number of urea groups is 1. The highest BCUT2D eigenvalue weighted by Gasteiger charge is 2.32. The molecule has 2 aliphatic carbocycles. The summed E-state index contributed by atoms with van der Waals surface area (Å²) in [5.41, 5.74) is 5.41. The van der Waals surface area contributed by atoms with Gasteiger partial charge in [-0.2, -0.15) is 4.36 Å². The van der Waals surface area contributed by atoms with Crippen LogP contribution < -0.4 is 10.5 Å². The van der Waals surface area contributed by atoms with Gasteiger partial charge < -0.3 is 10.4 Å². The van der Waals surface area contributed by atoms with Gasteiger partial charge in [-0.25, -0.2) is 4.79 Å². The van der Waals surface area contributed by atoms with Crippen LogP contribution in [0, 0.1) is 0 Å². The first-order valence-electron chi connectivity index (χ1n) is 10.1. The minimum atomic E-state index is -1.06. The van der Waals surface area contributed by atoms with Crippen LogP contribution in [-0.2, 0) is 35.7 Å². The van der Waals surface area contributed by atoms with Crippen LogP contribution in [-0.4, -0.2) is 16.1 Å². The third-order valence-corrected chi connectivity index (χ3v) is 7.99. The van der Waals surface area contributed by atoms with Gasteiger partial charge in [-0.05, 0) is 80.5 Å². The van der Waals surface area contributed by atoms with E-state index in [1.165, 1.54) is 35.4 Å². The number of aliphatic hydroxyl groups is 1. The van der Waals surface area contributed by atoms with E-state index < -0.39 is 22.5 Å². The maximum Gasteiger partial charge on any atom is 0.352 e. The number of aromatic nitrogens is 1. The third-order valence-electron chi connectivity index (χ3n) is 5.58. The number of nitrogens with zero attached hydrogens (tertiary/aromatic N) is 2. The van der Waals surface area contributed by atoms with Gasteiger partial charge in [0.25, 0.3) is 0 Å². The van der Waals surface area contributed by atoms with Gasteiger partial charge in [0.2, 0.25) is 0 Å². The fourth-order valence-corrected chi connectivity index (χ4v) is 5.86. The number of nitrogens with two attached hydrogens (primary N) is 1. The molecule has 1 unspecified atom stereocenters. The lowest BCUT2D eigenvalue weighted by Crippen LogP contribution is -2.16. The Morgan fingerprint density at radius 2 is 2.21 bits per heavy atom. The van der Waals surface area contributed by atoms with Gasteiger partial charge in [0.05, 0.1) is 15.5 Å². The molecule has 29 heavy (non-hydrogen) atoms. The molecule has 2 amide bonds. The summed E-state index contributed by atoms with van der Waals surface area (Å²) >= 11 is 1.42. The number of hydrogen-bond donors (Lipinski definition) is 3. The SMILES string of the molecule is CCc1c(C2CC2)nc2c(c1NC(=O)N=S(N)c1cc(C(C)(C)O)cs1)CCC2. The molecule has 4 rings (SSSR count). The molecule has 8 heteroatoms. The minimum absolute atomic E-state index is 0.411. The van der Waals surface area contributed by atoms with Crippen molar-refractivity contribution in [1.29, 1.82) is 0 Å². The molecule has 4 N–H and O–H groups in total. The van der Waals surface area contributed by atoms with E-state index in [9.17, 15) is 9.90 Å². The number of aryl methyl sites for hydroxylation is 1. The van der Waals surface area contributed by atoms with E-state index in [1.807, 2.05) is 11.4 Å². The van der Waals surface area contributed by atoms with E-state index in [1.54, 1.807) is 13.8 Å². The number of carbonyl (C=O) groups excluding carboxylic acids is 1. The molecule has 0 saturated heterocycles. The van der Waals surface area contributed by atoms with Crippen LogP contribution in [0.4, 0.5) is 10.5 Å². The Balaban J connectivity index is 1.61. The van der Waals surface area contributed by atoms with E-state index in [0.717, 1.165) is 52.4 Å². The second-order valence-electron chi connectivity index (χ2n) is 8.31. The molecule has 2 aliphatic rings. The van der Waals surface area contributed by atoms with Crippen LogP contribution >= 0.6 is 11.3 Å². The van der Waals surface area contributed by atoms with Crippen molar-refractivity contribution >= 4 is 33.9 Å². The second kappa shape index (κ2) is 7.91. The van der Waals surface area contributed by atoms with Crippen LogP contribution in [0.15, 0.2) is 20.0 Å². The van der Waals surface area contributed by atoms with Gasteiger partial charge in [0, 0.05) is 28.2 Å². The molecule has 2 aromatic rings. The number of hydrogen-bond acceptors (Lipinski definition) is 4. The standard InChI is InChI=1S/C21H28N4O2S2/c1-4-14-18(12-8-9-12)23-16-7-5-6-15(16)19(14)24-20(26)25-29(22)17-10-13(11-28-17)21(2,3)27/h10-12,27H,4-9H2,1-3H3,(H3,22,23,24,25,26). The van der Waals surface area contributed by atoms with E-state index in [0.29, 0.717) is 5.92 Å². The molecule has 1 atom stereocenters. The summed E-state index contributed by atoms with van der Waals surface area (Å²) in [6, 6.07) is 1.42. The van der Waals surface area contributed by atoms with Gasteiger partial charge in [-0.1, -0.05) is 6.92 Å². The highest BCUT2D eigenvalue weighted by Crippen LogP contribution is 2.45. The highest BCUT2D eigenvalue weighted by molar-refractivity contribution is 7.87. The first kappa shape index (κ1) is 20.7. The summed E-state index contributed by atoms with van der Waals surface area (Å²) < 4.78 is 4.98. The molecule has 0 aliphatic heterocycles. The molecule has 156 valence electrons. The van der Waals surface area contributed by atoms with Gasteiger partial charge in [-0.15, -0.1) is 11.3 Å². The van der Waals surface area contributed by atoms with Crippen LogP contribution in [0.25, 0.3) is 0 Å². The monoisotopic (exact) mass is 432 g/mol. The summed E-state index contributed by atoms with van der Waals surface area (Å²) in [5, 5.41) is 21.3. The Labute approximate surface area is 178 Å². The normalized spacial score (nSPS) is 17.4. The molecule has 6 nitrogen and oxygen atoms in total. The molecule has 0 aromatic carbocycles. The van der Waals surface area contributed by atoms with Gasteiger partial charge in [-0.3, -0.25) is 10.1 Å². The van der Waals surface area contributed by atoms with E-state index in [-0.39, 0.29) is 0 Å². The predicted octanol–water partition coefficient (Wildman–Crippen LogP) is 4.57.